The molecule has 0 aliphatic heterocycles. The topological polar surface area (TPSA) is 89.9 Å². The highest BCUT2D eigenvalue weighted by Gasteiger charge is 2.13. The van der Waals surface area contributed by atoms with E-state index in [9.17, 15) is 5.21 Å². The molecule has 0 radical (unpaired) electrons. The first-order valence-corrected chi connectivity index (χ1v) is 7.48. The van der Waals surface area contributed by atoms with Gasteiger partial charge in [-0.05, 0) is 24.6 Å². The molecule has 0 fully saturated rings. The Morgan fingerprint density at radius 1 is 0.917 bits per heavy atom. The lowest BCUT2D eigenvalue weighted by Crippen LogP contribution is -1.95. The second kappa shape index (κ2) is 5.34. The molecule has 2 aromatic carbocycles. The molecule has 4 aromatic rings. The highest BCUT2D eigenvalue weighted by Crippen LogP contribution is 2.27. The molecule has 3 N–H and O–H groups in total. The van der Waals surface area contributed by atoms with E-state index in [1.165, 1.54) is 0 Å². The Bertz CT molecular complexity index is 1020. The molecule has 0 aliphatic rings. The predicted molar refractivity (Wildman–Crippen MR) is 92.5 cm³/mol. The Balaban J connectivity index is 1.84. The fourth-order valence-electron chi connectivity index (χ4n) is 2.62. The first-order valence-electron chi connectivity index (χ1n) is 7.48. The number of nitrogens with two attached hydrogens (primary N) is 1. The summed E-state index contributed by atoms with van der Waals surface area (Å²) in [5.41, 5.74) is 10.6. The molecule has 0 saturated carbocycles. The predicted octanol–water partition coefficient (Wildman–Crippen LogP) is 3.29. The Hall–Kier alpha value is -3.41. The van der Waals surface area contributed by atoms with Crippen LogP contribution in [0.3, 0.4) is 0 Å². The van der Waals surface area contributed by atoms with Gasteiger partial charge in [-0.25, -0.2) is 15.0 Å². The van der Waals surface area contributed by atoms with Crippen molar-refractivity contribution in [3.63, 3.8) is 0 Å². The van der Waals surface area contributed by atoms with Crippen molar-refractivity contribution in [2.45, 2.75) is 6.92 Å². The van der Waals surface area contributed by atoms with E-state index in [0.717, 1.165) is 27.0 Å². The van der Waals surface area contributed by atoms with Crippen molar-refractivity contribution < 1.29 is 5.21 Å². The van der Waals surface area contributed by atoms with Crippen molar-refractivity contribution >= 4 is 17.0 Å². The molecule has 0 atom stereocenters. The summed E-state index contributed by atoms with van der Waals surface area (Å²) < 4.78 is 1.11. The molecule has 6 heteroatoms. The number of benzene rings is 2. The molecule has 0 bridgehead atoms. The fourth-order valence-corrected chi connectivity index (χ4v) is 2.62. The van der Waals surface area contributed by atoms with E-state index in [0.29, 0.717) is 16.9 Å². The van der Waals surface area contributed by atoms with Gasteiger partial charge in [0.1, 0.15) is 5.52 Å². The molecule has 0 aliphatic carbocycles. The van der Waals surface area contributed by atoms with E-state index in [1.807, 2.05) is 49.4 Å². The van der Waals surface area contributed by atoms with E-state index in [2.05, 4.69) is 15.0 Å². The maximum Gasteiger partial charge on any atom is 0.219 e. The zero-order valence-corrected chi connectivity index (χ0v) is 13.0. The number of nitrogen functional groups attached to an aromatic ring is 1. The van der Waals surface area contributed by atoms with Crippen LogP contribution in [-0.4, -0.2) is 24.9 Å². The molecule has 118 valence electrons. The smallest absolute Gasteiger partial charge is 0.219 e. The van der Waals surface area contributed by atoms with E-state index in [4.69, 9.17) is 5.73 Å². The zero-order valence-electron chi connectivity index (χ0n) is 13.0. The third-order valence-electron chi connectivity index (χ3n) is 3.95. The molecule has 2 heterocycles. The number of rotatable bonds is 2. The molecule has 24 heavy (non-hydrogen) atoms. The molecule has 0 spiro atoms. The Kier molecular flexibility index (Phi) is 3.16. The molecule has 0 saturated heterocycles. The van der Waals surface area contributed by atoms with Gasteiger partial charge in [0, 0.05) is 23.5 Å². The van der Waals surface area contributed by atoms with Crippen LogP contribution in [0.15, 0.2) is 54.9 Å². The van der Waals surface area contributed by atoms with Crippen molar-refractivity contribution in [1.82, 2.24) is 19.7 Å². The van der Waals surface area contributed by atoms with Crippen LogP contribution < -0.4 is 5.73 Å². The average Bonchev–Trinajstić information content (AvgIpc) is 2.93. The minimum absolute atomic E-state index is 0.230. The van der Waals surface area contributed by atoms with Gasteiger partial charge in [0.05, 0.1) is 5.52 Å². The number of hydrogen-bond donors (Lipinski definition) is 2. The molecule has 0 unspecified atom stereocenters. The zero-order chi connectivity index (χ0) is 16.7. The van der Waals surface area contributed by atoms with Crippen LogP contribution >= 0.6 is 0 Å². The van der Waals surface area contributed by atoms with Gasteiger partial charge in [-0.15, -0.1) is 0 Å². The first-order chi connectivity index (χ1) is 11.6. The number of fused-ring (bicyclic) bond motifs is 1. The third kappa shape index (κ3) is 2.34. The summed E-state index contributed by atoms with van der Waals surface area (Å²) in [5, 5.41) is 10.5. The third-order valence-corrected chi connectivity index (χ3v) is 3.95. The quantitative estimate of drug-likeness (QED) is 0.554. The Morgan fingerprint density at radius 2 is 1.58 bits per heavy atom. The van der Waals surface area contributed by atoms with Gasteiger partial charge in [0.2, 0.25) is 5.95 Å². The van der Waals surface area contributed by atoms with Crippen molar-refractivity contribution in [1.29, 1.82) is 0 Å². The van der Waals surface area contributed by atoms with Gasteiger partial charge in [0.15, 0.2) is 5.82 Å². The Labute approximate surface area is 138 Å². The average molecular weight is 317 g/mol. The minimum atomic E-state index is 0.230. The van der Waals surface area contributed by atoms with Crippen LogP contribution in [0.1, 0.15) is 5.56 Å². The minimum Gasteiger partial charge on any atom is -0.426 e. The lowest BCUT2D eigenvalue weighted by molar-refractivity contribution is 0.203. The van der Waals surface area contributed by atoms with Crippen LogP contribution in [-0.2, 0) is 0 Å². The highest BCUT2D eigenvalue weighted by atomic mass is 16.5. The number of hydrogen-bond acceptors (Lipinski definition) is 5. The summed E-state index contributed by atoms with van der Waals surface area (Å²) >= 11 is 0. The number of anilines is 1. The standard InChI is InChI=1S/C18H15N5O/c1-11-2-4-12(5-3-11)17-22-15-7-6-13(8-16(15)23(17)24)14-9-20-18(19)21-10-14/h2-10,24H,1H3,(H2,19,20,21). The van der Waals surface area contributed by atoms with Crippen molar-refractivity contribution in [3.8, 4) is 22.5 Å². The maximum atomic E-state index is 10.5. The summed E-state index contributed by atoms with van der Waals surface area (Å²) in [6, 6.07) is 13.5. The molecular formula is C18H15N5O. The first kappa shape index (κ1) is 14.2. The summed E-state index contributed by atoms with van der Waals surface area (Å²) in [5.74, 6) is 0.740. The summed E-state index contributed by atoms with van der Waals surface area (Å²) in [6.45, 7) is 2.02. The van der Waals surface area contributed by atoms with E-state index < -0.39 is 0 Å². The van der Waals surface area contributed by atoms with Crippen LogP contribution in [0.25, 0.3) is 33.5 Å². The molecule has 4 rings (SSSR count). The van der Waals surface area contributed by atoms with Gasteiger partial charge in [0.25, 0.3) is 0 Å². The number of imidazole rings is 1. The van der Waals surface area contributed by atoms with Crippen molar-refractivity contribution in [2.75, 3.05) is 5.73 Å². The lowest BCUT2D eigenvalue weighted by atomic mass is 10.1. The van der Waals surface area contributed by atoms with E-state index in [1.54, 1.807) is 12.4 Å². The van der Waals surface area contributed by atoms with Gasteiger partial charge in [-0.2, -0.15) is 4.73 Å². The molecular weight excluding hydrogens is 302 g/mol. The number of aromatic nitrogens is 4. The number of nitrogens with zero attached hydrogens (tertiary/aromatic N) is 4. The fraction of sp³-hybridized carbons (Fsp3) is 0.0556. The van der Waals surface area contributed by atoms with Crippen molar-refractivity contribution in [2.24, 2.45) is 0 Å². The number of aryl methyl sites for hydroxylation is 1. The maximum absolute atomic E-state index is 10.5. The second-order valence-corrected chi connectivity index (χ2v) is 5.65. The van der Waals surface area contributed by atoms with E-state index >= 15 is 0 Å². The highest BCUT2D eigenvalue weighted by molar-refractivity contribution is 5.85. The van der Waals surface area contributed by atoms with Crippen LogP contribution in [0.2, 0.25) is 0 Å². The van der Waals surface area contributed by atoms with Crippen LogP contribution in [0.5, 0.6) is 0 Å². The van der Waals surface area contributed by atoms with Gasteiger partial charge in [-0.1, -0.05) is 35.9 Å². The molecule has 2 aromatic heterocycles. The summed E-state index contributed by atoms with van der Waals surface area (Å²) in [6.07, 6.45) is 3.31. The van der Waals surface area contributed by atoms with Gasteiger partial charge >= 0.3 is 0 Å². The SMILES string of the molecule is Cc1ccc(-c2nc3ccc(-c4cnc(N)nc4)cc3n2O)cc1. The largest absolute Gasteiger partial charge is 0.426 e. The molecule has 0 amide bonds. The normalized spacial score (nSPS) is 11.0. The van der Waals surface area contributed by atoms with Gasteiger partial charge in [-0.3, -0.25) is 0 Å². The lowest BCUT2D eigenvalue weighted by Gasteiger charge is -2.03. The summed E-state index contributed by atoms with van der Waals surface area (Å²) in [7, 11) is 0. The molecule has 6 nitrogen and oxygen atoms in total. The van der Waals surface area contributed by atoms with Crippen LogP contribution in [0.4, 0.5) is 5.95 Å². The van der Waals surface area contributed by atoms with Crippen LogP contribution in [0, 0.1) is 6.92 Å². The monoisotopic (exact) mass is 317 g/mol. The van der Waals surface area contributed by atoms with Crippen molar-refractivity contribution in [3.05, 3.63) is 60.4 Å². The van der Waals surface area contributed by atoms with E-state index in [-0.39, 0.29) is 5.95 Å². The van der Waals surface area contributed by atoms with Gasteiger partial charge < -0.3 is 10.9 Å². The second-order valence-electron chi connectivity index (χ2n) is 5.65. The Morgan fingerprint density at radius 3 is 2.29 bits per heavy atom. The summed E-state index contributed by atoms with van der Waals surface area (Å²) in [4.78, 5) is 12.5.